The van der Waals surface area contributed by atoms with E-state index < -0.39 is 6.04 Å². The number of hydrogen-bond donors (Lipinski definition) is 1. The molecule has 4 nitrogen and oxygen atoms in total. The van der Waals surface area contributed by atoms with E-state index in [0.717, 1.165) is 26.7 Å². The summed E-state index contributed by atoms with van der Waals surface area (Å²) in [5.74, 6) is -0.235. The average molecular weight is 479 g/mol. The van der Waals surface area contributed by atoms with Gasteiger partial charge in [0.25, 0.3) is 0 Å². The van der Waals surface area contributed by atoms with Crippen molar-refractivity contribution >= 4 is 27.7 Å². The summed E-state index contributed by atoms with van der Waals surface area (Å²) in [6.45, 7) is 2.37. The summed E-state index contributed by atoms with van der Waals surface area (Å²) in [6, 6.07) is 24.9. The minimum atomic E-state index is -0.604. The Balaban J connectivity index is 1.94. The van der Waals surface area contributed by atoms with Gasteiger partial charge in [0.15, 0.2) is 0 Å². The third-order valence-corrected chi connectivity index (χ3v) is 5.92. The largest absolute Gasteiger partial charge is 0.357 e. The molecule has 1 atom stereocenters. The highest BCUT2D eigenvalue weighted by Crippen LogP contribution is 2.19. The van der Waals surface area contributed by atoms with Crippen molar-refractivity contribution in [2.75, 3.05) is 7.05 Å². The first kappa shape index (κ1) is 22.8. The van der Waals surface area contributed by atoms with E-state index in [0.29, 0.717) is 13.0 Å². The smallest absolute Gasteiger partial charge is 0.242 e. The topological polar surface area (TPSA) is 49.4 Å². The summed E-state index contributed by atoms with van der Waals surface area (Å²) in [6.07, 6.45) is 0.710. The van der Waals surface area contributed by atoms with E-state index in [1.54, 1.807) is 11.9 Å². The highest BCUT2D eigenvalue weighted by Gasteiger charge is 2.30. The Morgan fingerprint density at radius 3 is 2.19 bits per heavy atom. The number of amides is 2. The Labute approximate surface area is 192 Å². The number of halogens is 1. The van der Waals surface area contributed by atoms with Gasteiger partial charge >= 0.3 is 0 Å². The SMILES string of the molecule is CNC(=O)C(Cc1ccccc1)N(Cc1ccc(Br)cc1)C(=O)Cc1ccccc1C. The minimum absolute atomic E-state index is 0.0678. The maximum Gasteiger partial charge on any atom is 0.242 e. The predicted molar refractivity (Wildman–Crippen MR) is 128 cm³/mol. The van der Waals surface area contributed by atoms with Gasteiger partial charge in [0.05, 0.1) is 6.42 Å². The van der Waals surface area contributed by atoms with E-state index in [2.05, 4.69) is 21.2 Å². The number of likely N-dealkylation sites (N-methyl/N-ethyl adjacent to an activating group) is 1. The number of nitrogens with zero attached hydrogens (tertiary/aromatic N) is 1. The van der Waals surface area contributed by atoms with Gasteiger partial charge in [-0.2, -0.15) is 0 Å². The highest BCUT2D eigenvalue weighted by atomic mass is 79.9. The Hall–Kier alpha value is -2.92. The summed E-state index contributed by atoms with van der Waals surface area (Å²) in [5, 5.41) is 2.75. The molecule has 0 spiro atoms. The molecule has 160 valence electrons. The maximum absolute atomic E-state index is 13.5. The van der Waals surface area contributed by atoms with Crippen LogP contribution in [0.25, 0.3) is 0 Å². The Morgan fingerprint density at radius 1 is 0.903 bits per heavy atom. The monoisotopic (exact) mass is 478 g/mol. The van der Waals surface area contributed by atoms with Crippen molar-refractivity contribution in [2.45, 2.75) is 32.4 Å². The molecule has 1 unspecified atom stereocenters. The van der Waals surface area contributed by atoms with E-state index in [4.69, 9.17) is 0 Å². The Kier molecular flexibility index (Phi) is 8.01. The molecule has 1 N–H and O–H groups in total. The molecule has 0 radical (unpaired) electrons. The zero-order valence-corrected chi connectivity index (χ0v) is 19.4. The van der Waals surface area contributed by atoms with E-state index in [1.165, 1.54) is 0 Å². The molecular weight excluding hydrogens is 452 g/mol. The number of nitrogens with one attached hydrogen (secondary N) is 1. The molecule has 0 saturated carbocycles. The van der Waals surface area contributed by atoms with Crippen LogP contribution in [0.15, 0.2) is 83.3 Å². The van der Waals surface area contributed by atoms with Crippen molar-refractivity contribution in [2.24, 2.45) is 0 Å². The van der Waals surface area contributed by atoms with E-state index >= 15 is 0 Å². The molecule has 0 saturated heterocycles. The van der Waals surface area contributed by atoms with E-state index in [9.17, 15) is 9.59 Å². The van der Waals surface area contributed by atoms with E-state index in [1.807, 2.05) is 85.8 Å². The number of carbonyl (C=O) groups is 2. The van der Waals surface area contributed by atoms with Crippen LogP contribution in [-0.4, -0.2) is 29.8 Å². The van der Waals surface area contributed by atoms with Crippen LogP contribution in [0.4, 0.5) is 0 Å². The lowest BCUT2D eigenvalue weighted by Gasteiger charge is -2.31. The summed E-state index contributed by atoms with van der Waals surface area (Å²) in [5.41, 5.74) is 4.03. The molecule has 0 heterocycles. The van der Waals surface area contributed by atoms with Crippen LogP contribution in [-0.2, 0) is 29.0 Å². The Bertz CT molecular complexity index is 1020. The number of aryl methyl sites for hydroxylation is 1. The van der Waals surface area contributed by atoms with Gasteiger partial charge in [-0.05, 0) is 41.3 Å². The van der Waals surface area contributed by atoms with Gasteiger partial charge in [-0.1, -0.05) is 82.7 Å². The normalized spacial score (nSPS) is 11.6. The molecule has 5 heteroatoms. The average Bonchev–Trinajstić information content (AvgIpc) is 2.79. The van der Waals surface area contributed by atoms with Crippen LogP contribution < -0.4 is 5.32 Å². The lowest BCUT2D eigenvalue weighted by atomic mass is 10.0. The van der Waals surface area contributed by atoms with Crippen molar-refractivity contribution < 1.29 is 9.59 Å². The molecule has 3 rings (SSSR count). The van der Waals surface area contributed by atoms with Crippen LogP contribution in [0.3, 0.4) is 0 Å². The first-order valence-corrected chi connectivity index (χ1v) is 11.1. The fraction of sp³-hybridized carbons (Fsp3) is 0.231. The van der Waals surface area contributed by atoms with Crippen LogP contribution in [0.1, 0.15) is 22.3 Å². The number of rotatable bonds is 8. The molecule has 31 heavy (non-hydrogen) atoms. The van der Waals surface area contributed by atoms with Crippen LogP contribution in [0, 0.1) is 6.92 Å². The molecule has 0 aliphatic rings. The van der Waals surface area contributed by atoms with Crippen molar-refractivity contribution in [3.63, 3.8) is 0 Å². The lowest BCUT2D eigenvalue weighted by Crippen LogP contribution is -2.50. The van der Waals surface area contributed by atoms with Crippen LogP contribution in [0.2, 0.25) is 0 Å². The minimum Gasteiger partial charge on any atom is -0.357 e. The zero-order valence-electron chi connectivity index (χ0n) is 17.8. The summed E-state index contributed by atoms with van der Waals surface area (Å²) < 4.78 is 0.973. The molecule has 0 aromatic heterocycles. The fourth-order valence-corrected chi connectivity index (χ4v) is 3.84. The fourth-order valence-electron chi connectivity index (χ4n) is 3.58. The summed E-state index contributed by atoms with van der Waals surface area (Å²) in [4.78, 5) is 28.1. The van der Waals surface area contributed by atoms with Crippen LogP contribution in [0.5, 0.6) is 0 Å². The van der Waals surface area contributed by atoms with Gasteiger partial charge < -0.3 is 10.2 Å². The van der Waals surface area contributed by atoms with Crippen molar-refractivity contribution in [3.8, 4) is 0 Å². The van der Waals surface area contributed by atoms with Gasteiger partial charge in [0.1, 0.15) is 6.04 Å². The zero-order chi connectivity index (χ0) is 22.2. The molecule has 0 aliphatic heterocycles. The molecule has 0 fully saturated rings. The highest BCUT2D eigenvalue weighted by molar-refractivity contribution is 9.10. The van der Waals surface area contributed by atoms with Crippen molar-refractivity contribution in [1.29, 1.82) is 0 Å². The second-order valence-electron chi connectivity index (χ2n) is 7.57. The third-order valence-electron chi connectivity index (χ3n) is 5.39. The van der Waals surface area contributed by atoms with E-state index in [-0.39, 0.29) is 18.2 Å². The Morgan fingerprint density at radius 2 is 1.55 bits per heavy atom. The summed E-state index contributed by atoms with van der Waals surface area (Å²) in [7, 11) is 1.62. The molecule has 0 aliphatic carbocycles. The molecule has 2 amide bonds. The predicted octanol–water partition coefficient (Wildman–Crippen LogP) is 4.69. The van der Waals surface area contributed by atoms with Gasteiger partial charge in [0.2, 0.25) is 11.8 Å². The van der Waals surface area contributed by atoms with Crippen molar-refractivity contribution in [1.82, 2.24) is 10.2 Å². The van der Waals surface area contributed by atoms with Gasteiger partial charge in [0, 0.05) is 24.5 Å². The maximum atomic E-state index is 13.5. The molecule has 3 aromatic rings. The third kappa shape index (κ3) is 6.28. The first-order valence-electron chi connectivity index (χ1n) is 10.3. The van der Waals surface area contributed by atoms with Gasteiger partial charge in [-0.15, -0.1) is 0 Å². The number of carbonyl (C=O) groups excluding carboxylic acids is 2. The first-order chi connectivity index (χ1) is 15.0. The van der Waals surface area contributed by atoms with Crippen LogP contribution >= 0.6 is 15.9 Å². The summed E-state index contributed by atoms with van der Waals surface area (Å²) >= 11 is 3.46. The second kappa shape index (κ2) is 10.9. The van der Waals surface area contributed by atoms with Gasteiger partial charge in [-0.25, -0.2) is 0 Å². The van der Waals surface area contributed by atoms with Crippen molar-refractivity contribution in [3.05, 3.63) is 106 Å². The van der Waals surface area contributed by atoms with Gasteiger partial charge in [-0.3, -0.25) is 9.59 Å². The lowest BCUT2D eigenvalue weighted by molar-refractivity contribution is -0.140. The molecule has 0 bridgehead atoms. The number of benzene rings is 3. The molecule has 3 aromatic carbocycles. The molecular formula is C26H27BrN2O2. The second-order valence-corrected chi connectivity index (χ2v) is 8.49. The standard InChI is InChI=1S/C26H27BrN2O2/c1-19-8-6-7-11-22(19)17-25(30)29(18-21-12-14-23(27)15-13-21)24(26(31)28-2)16-20-9-4-3-5-10-20/h3-15,24H,16-18H2,1-2H3,(H,28,31). The quantitative estimate of drug-likeness (QED) is 0.510. The number of hydrogen-bond acceptors (Lipinski definition) is 2.